The van der Waals surface area contributed by atoms with Gasteiger partial charge in [0, 0.05) is 5.69 Å². The summed E-state index contributed by atoms with van der Waals surface area (Å²) >= 11 is 0. The zero-order chi connectivity index (χ0) is 22.9. The van der Waals surface area contributed by atoms with Gasteiger partial charge in [0.15, 0.2) is 5.75 Å². The van der Waals surface area contributed by atoms with Crippen LogP contribution in [0.4, 0.5) is 11.4 Å². The Morgan fingerprint density at radius 3 is 2.44 bits per heavy atom. The first-order valence-corrected chi connectivity index (χ1v) is 11.7. The second-order valence-electron chi connectivity index (χ2n) is 8.05. The van der Waals surface area contributed by atoms with Gasteiger partial charge in [0.25, 0.3) is 15.9 Å². The van der Waals surface area contributed by atoms with Crippen molar-refractivity contribution in [2.24, 2.45) is 5.92 Å². The molecule has 0 saturated heterocycles. The van der Waals surface area contributed by atoms with Crippen molar-refractivity contribution in [3.05, 3.63) is 71.8 Å². The van der Waals surface area contributed by atoms with E-state index in [1.807, 2.05) is 32.9 Å². The predicted molar refractivity (Wildman–Crippen MR) is 123 cm³/mol. The Hall–Kier alpha value is -3.52. The standard InChI is InChI=1S/C24H24N2O5S/c1-15(2)14-30-18-6-8-19(9-7-18)32(28,29)26-17-5-11-22-20(13-17)24(27)25-21-12-16(3)4-10-23(21)31-22/h4-13,15,26H,14H2,1-3H3,(H,25,27). The van der Waals surface area contributed by atoms with Crippen molar-refractivity contribution in [2.75, 3.05) is 16.6 Å². The summed E-state index contributed by atoms with van der Waals surface area (Å²) in [5, 5.41) is 2.81. The monoisotopic (exact) mass is 452 g/mol. The minimum absolute atomic E-state index is 0.0907. The lowest BCUT2D eigenvalue weighted by Gasteiger charge is -2.12. The highest BCUT2D eigenvalue weighted by molar-refractivity contribution is 7.92. The van der Waals surface area contributed by atoms with E-state index in [0.29, 0.717) is 35.5 Å². The van der Waals surface area contributed by atoms with Crippen molar-refractivity contribution in [1.82, 2.24) is 0 Å². The van der Waals surface area contributed by atoms with Crippen LogP contribution in [-0.2, 0) is 10.0 Å². The van der Waals surface area contributed by atoms with E-state index >= 15 is 0 Å². The summed E-state index contributed by atoms with van der Waals surface area (Å²) in [6.45, 7) is 6.54. The molecular formula is C24H24N2O5S. The van der Waals surface area contributed by atoms with Gasteiger partial charge in [0.1, 0.15) is 11.5 Å². The molecule has 0 atom stereocenters. The van der Waals surface area contributed by atoms with E-state index in [1.165, 1.54) is 18.2 Å². The molecule has 0 spiro atoms. The van der Waals surface area contributed by atoms with Crippen LogP contribution >= 0.6 is 0 Å². The SMILES string of the molecule is Cc1ccc2c(c1)NC(=O)c1cc(NS(=O)(=O)c3ccc(OCC(C)C)cc3)ccc1O2. The quantitative estimate of drug-likeness (QED) is 0.537. The molecule has 0 fully saturated rings. The van der Waals surface area contributed by atoms with Crippen molar-refractivity contribution in [1.29, 1.82) is 0 Å². The Labute approximate surface area is 187 Å². The van der Waals surface area contributed by atoms with Gasteiger partial charge in [0.05, 0.1) is 22.8 Å². The van der Waals surface area contributed by atoms with Crippen LogP contribution in [0.5, 0.6) is 17.2 Å². The van der Waals surface area contributed by atoms with Gasteiger partial charge in [-0.2, -0.15) is 0 Å². The molecule has 8 heteroatoms. The molecule has 0 aromatic heterocycles. The topological polar surface area (TPSA) is 93.7 Å². The summed E-state index contributed by atoms with van der Waals surface area (Å²) in [4.78, 5) is 12.8. The summed E-state index contributed by atoms with van der Waals surface area (Å²) in [7, 11) is -3.85. The highest BCUT2D eigenvalue weighted by atomic mass is 32.2. The number of rotatable bonds is 6. The van der Waals surface area contributed by atoms with Crippen LogP contribution in [0.25, 0.3) is 0 Å². The summed E-state index contributed by atoms with van der Waals surface area (Å²) in [5.41, 5.74) is 2.03. The van der Waals surface area contributed by atoms with Gasteiger partial charge in [-0.1, -0.05) is 19.9 Å². The third-order valence-corrected chi connectivity index (χ3v) is 6.19. The zero-order valence-electron chi connectivity index (χ0n) is 18.0. The van der Waals surface area contributed by atoms with E-state index in [0.717, 1.165) is 5.56 Å². The van der Waals surface area contributed by atoms with Gasteiger partial charge >= 0.3 is 0 Å². The maximum Gasteiger partial charge on any atom is 0.261 e. The highest BCUT2D eigenvalue weighted by Crippen LogP contribution is 2.37. The van der Waals surface area contributed by atoms with Crippen molar-refractivity contribution in [3.63, 3.8) is 0 Å². The number of nitrogens with one attached hydrogen (secondary N) is 2. The molecule has 7 nitrogen and oxygen atoms in total. The molecule has 1 amide bonds. The average Bonchev–Trinajstić information content (AvgIpc) is 2.88. The zero-order valence-corrected chi connectivity index (χ0v) is 18.8. The fraction of sp³-hybridized carbons (Fsp3) is 0.208. The van der Waals surface area contributed by atoms with Crippen molar-refractivity contribution >= 4 is 27.3 Å². The number of hydrogen-bond acceptors (Lipinski definition) is 5. The van der Waals surface area contributed by atoms with E-state index in [9.17, 15) is 13.2 Å². The average molecular weight is 453 g/mol. The lowest BCUT2D eigenvalue weighted by Crippen LogP contribution is -2.15. The van der Waals surface area contributed by atoms with Crippen molar-refractivity contribution < 1.29 is 22.7 Å². The van der Waals surface area contributed by atoms with Crippen LogP contribution < -0.4 is 19.5 Å². The third kappa shape index (κ3) is 4.70. The Kier molecular flexibility index (Phi) is 5.80. The molecule has 3 aromatic rings. The predicted octanol–water partition coefficient (Wildman–Crippen LogP) is 5.19. The minimum Gasteiger partial charge on any atom is -0.493 e. The Bertz CT molecular complexity index is 1270. The normalized spacial score (nSPS) is 12.8. The van der Waals surface area contributed by atoms with Gasteiger partial charge in [-0.05, 0) is 73.0 Å². The minimum atomic E-state index is -3.85. The lowest BCUT2D eigenvalue weighted by molar-refractivity contribution is 0.102. The van der Waals surface area contributed by atoms with Gasteiger partial charge < -0.3 is 14.8 Å². The van der Waals surface area contributed by atoms with Gasteiger partial charge in [-0.25, -0.2) is 8.42 Å². The smallest absolute Gasteiger partial charge is 0.261 e. The summed E-state index contributed by atoms with van der Waals surface area (Å²) in [5.74, 6) is 1.46. The molecule has 1 heterocycles. The van der Waals surface area contributed by atoms with Gasteiger partial charge in [0.2, 0.25) is 0 Å². The maximum absolute atomic E-state index is 12.8. The van der Waals surface area contributed by atoms with E-state index in [1.54, 1.807) is 30.3 Å². The number of carbonyl (C=O) groups is 1. The van der Waals surface area contributed by atoms with E-state index in [-0.39, 0.29) is 22.1 Å². The first-order chi connectivity index (χ1) is 15.2. The maximum atomic E-state index is 12.8. The van der Waals surface area contributed by atoms with Crippen molar-refractivity contribution in [2.45, 2.75) is 25.7 Å². The van der Waals surface area contributed by atoms with E-state index in [2.05, 4.69) is 10.0 Å². The second kappa shape index (κ2) is 8.55. The fourth-order valence-electron chi connectivity index (χ4n) is 3.19. The number of amides is 1. The molecule has 32 heavy (non-hydrogen) atoms. The molecule has 166 valence electrons. The van der Waals surface area contributed by atoms with Crippen LogP contribution in [0.1, 0.15) is 29.8 Å². The number of aryl methyl sites for hydroxylation is 1. The second-order valence-corrected chi connectivity index (χ2v) is 9.73. The molecule has 1 aliphatic heterocycles. The van der Waals surface area contributed by atoms with Crippen LogP contribution in [0.15, 0.2) is 65.6 Å². The molecule has 0 unspecified atom stereocenters. The van der Waals surface area contributed by atoms with Crippen LogP contribution in [0, 0.1) is 12.8 Å². The first kappa shape index (κ1) is 21.7. The Morgan fingerprint density at radius 2 is 1.72 bits per heavy atom. The molecule has 1 aliphatic rings. The molecule has 0 saturated carbocycles. The third-order valence-electron chi connectivity index (χ3n) is 4.80. The number of hydrogen-bond donors (Lipinski definition) is 2. The molecular weight excluding hydrogens is 428 g/mol. The molecule has 3 aromatic carbocycles. The lowest BCUT2D eigenvalue weighted by atomic mass is 10.1. The number of anilines is 2. The van der Waals surface area contributed by atoms with Gasteiger partial charge in [-0.15, -0.1) is 0 Å². The number of benzene rings is 3. The molecule has 2 N–H and O–H groups in total. The Balaban J connectivity index is 1.55. The fourth-order valence-corrected chi connectivity index (χ4v) is 4.24. The largest absolute Gasteiger partial charge is 0.493 e. The number of fused-ring (bicyclic) bond motifs is 2. The van der Waals surface area contributed by atoms with E-state index in [4.69, 9.17) is 9.47 Å². The summed E-state index contributed by atoms with van der Waals surface area (Å²) < 4.78 is 39.7. The number of sulfonamides is 1. The highest BCUT2D eigenvalue weighted by Gasteiger charge is 2.23. The van der Waals surface area contributed by atoms with Crippen LogP contribution in [-0.4, -0.2) is 20.9 Å². The Morgan fingerprint density at radius 1 is 1.00 bits per heavy atom. The molecule has 0 bridgehead atoms. The van der Waals surface area contributed by atoms with Crippen molar-refractivity contribution in [3.8, 4) is 17.2 Å². The summed E-state index contributed by atoms with van der Waals surface area (Å²) in [6, 6.07) is 16.3. The van der Waals surface area contributed by atoms with Crippen LogP contribution in [0.2, 0.25) is 0 Å². The first-order valence-electron chi connectivity index (χ1n) is 10.2. The van der Waals surface area contributed by atoms with Gasteiger partial charge in [-0.3, -0.25) is 9.52 Å². The molecule has 0 radical (unpaired) electrons. The van der Waals surface area contributed by atoms with Crippen LogP contribution in [0.3, 0.4) is 0 Å². The summed E-state index contributed by atoms with van der Waals surface area (Å²) in [6.07, 6.45) is 0. The molecule has 4 rings (SSSR count). The molecule has 0 aliphatic carbocycles. The number of carbonyl (C=O) groups excluding carboxylic acids is 1. The number of ether oxygens (including phenoxy) is 2. The van der Waals surface area contributed by atoms with E-state index < -0.39 is 10.0 Å².